The van der Waals surface area contributed by atoms with Crippen molar-refractivity contribution in [3.05, 3.63) is 53.3 Å². The average Bonchev–Trinajstić information content (AvgIpc) is 3.06. The first-order valence-corrected chi connectivity index (χ1v) is 7.17. The molecule has 0 spiro atoms. The molecule has 7 heteroatoms. The van der Waals surface area contributed by atoms with Gasteiger partial charge < -0.3 is 4.84 Å². The maximum Gasteiger partial charge on any atom is 0.335 e. The van der Waals surface area contributed by atoms with Crippen molar-refractivity contribution < 1.29 is 19.2 Å². The lowest BCUT2D eigenvalue weighted by Crippen LogP contribution is -2.33. The molecule has 0 N–H and O–H groups in total. The van der Waals surface area contributed by atoms with Gasteiger partial charge in [-0.2, -0.15) is 5.10 Å². The zero-order valence-electron chi connectivity index (χ0n) is 12.7. The third-order valence-electron chi connectivity index (χ3n) is 3.61. The van der Waals surface area contributed by atoms with Crippen molar-refractivity contribution in [2.75, 3.05) is 0 Å². The van der Waals surface area contributed by atoms with Crippen LogP contribution in [0.1, 0.15) is 45.8 Å². The van der Waals surface area contributed by atoms with Crippen LogP contribution in [0.4, 0.5) is 0 Å². The first-order chi connectivity index (χ1) is 11.0. The number of rotatable bonds is 4. The molecule has 0 saturated carbocycles. The predicted octanol–water partition coefficient (Wildman–Crippen LogP) is 1.90. The first-order valence-electron chi connectivity index (χ1n) is 7.17. The molecule has 2 aromatic rings. The summed E-state index contributed by atoms with van der Waals surface area (Å²) < 4.78 is 1.64. The van der Waals surface area contributed by atoms with Crippen LogP contribution in [0.15, 0.2) is 36.5 Å². The third-order valence-corrected chi connectivity index (χ3v) is 3.61. The number of aromatic nitrogens is 2. The number of aryl methyl sites for hydroxylation is 1. The Morgan fingerprint density at radius 1 is 1.17 bits per heavy atom. The number of imide groups is 1. The molecule has 0 aliphatic carbocycles. The minimum atomic E-state index is -0.667. The van der Waals surface area contributed by atoms with E-state index in [1.54, 1.807) is 29.9 Å². The van der Waals surface area contributed by atoms with Crippen LogP contribution in [-0.4, -0.2) is 32.6 Å². The van der Waals surface area contributed by atoms with Gasteiger partial charge in [-0.1, -0.05) is 17.2 Å². The van der Waals surface area contributed by atoms with Gasteiger partial charge in [0.1, 0.15) is 0 Å². The Hall–Kier alpha value is -2.96. The van der Waals surface area contributed by atoms with Gasteiger partial charge in [-0.05, 0) is 32.0 Å². The quantitative estimate of drug-likeness (QED) is 0.805. The largest absolute Gasteiger partial charge is 0.335 e. The van der Waals surface area contributed by atoms with E-state index in [0.717, 1.165) is 5.69 Å². The Labute approximate surface area is 132 Å². The van der Waals surface area contributed by atoms with E-state index in [1.165, 1.54) is 12.1 Å². The normalized spacial score (nSPS) is 14.8. The Morgan fingerprint density at radius 2 is 1.78 bits per heavy atom. The topological polar surface area (TPSA) is 81.5 Å². The molecule has 23 heavy (non-hydrogen) atoms. The van der Waals surface area contributed by atoms with Crippen LogP contribution in [0.2, 0.25) is 0 Å². The van der Waals surface area contributed by atoms with E-state index in [-0.39, 0.29) is 23.6 Å². The third kappa shape index (κ3) is 2.73. The number of hydrogen-bond donors (Lipinski definition) is 0. The maximum absolute atomic E-state index is 12.1. The molecule has 0 radical (unpaired) electrons. The van der Waals surface area contributed by atoms with Crippen LogP contribution in [0.5, 0.6) is 0 Å². The fraction of sp³-hybridized carbons (Fsp3) is 0.250. The summed E-state index contributed by atoms with van der Waals surface area (Å²) in [6.07, 6.45) is 1.75. The summed E-state index contributed by atoms with van der Waals surface area (Å²) in [5, 5.41) is 4.74. The lowest BCUT2D eigenvalue weighted by molar-refractivity contribution is -0.169. The molecule has 1 aromatic heterocycles. The molecule has 1 atom stereocenters. The Bertz CT molecular complexity index is 761. The number of carbonyl (C=O) groups is 3. The molecule has 1 aliphatic heterocycles. The SMILES string of the molecule is Cc1ccn(C(C)CC(=O)ON2C(=O)c3ccccc3C2=O)n1. The summed E-state index contributed by atoms with van der Waals surface area (Å²) in [6, 6.07) is 7.93. The molecule has 2 amide bonds. The molecule has 2 heterocycles. The highest BCUT2D eigenvalue weighted by Gasteiger charge is 2.38. The van der Waals surface area contributed by atoms with Gasteiger partial charge in [0, 0.05) is 6.20 Å². The molecule has 0 fully saturated rings. The average molecular weight is 313 g/mol. The molecule has 118 valence electrons. The lowest BCUT2D eigenvalue weighted by Gasteiger charge is -2.15. The van der Waals surface area contributed by atoms with Crippen molar-refractivity contribution in [3.8, 4) is 0 Å². The molecule has 0 saturated heterocycles. The van der Waals surface area contributed by atoms with Gasteiger partial charge in [0.2, 0.25) is 0 Å². The summed E-state index contributed by atoms with van der Waals surface area (Å²) in [5.74, 6) is -1.91. The first kappa shape index (κ1) is 15.0. The fourth-order valence-electron chi connectivity index (χ4n) is 2.40. The van der Waals surface area contributed by atoms with E-state index in [9.17, 15) is 14.4 Å². The second-order valence-electron chi connectivity index (χ2n) is 5.40. The van der Waals surface area contributed by atoms with Crippen molar-refractivity contribution >= 4 is 17.8 Å². The molecule has 7 nitrogen and oxygen atoms in total. The van der Waals surface area contributed by atoms with Crippen molar-refractivity contribution in [3.63, 3.8) is 0 Å². The van der Waals surface area contributed by atoms with Crippen LogP contribution in [0.25, 0.3) is 0 Å². The van der Waals surface area contributed by atoms with Crippen molar-refractivity contribution in [2.24, 2.45) is 0 Å². The smallest absolute Gasteiger partial charge is 0.330 e. The van der Waals surface area contributed by atoms with Gasteiger partial charge in [0.25, 0.3) is 11.8 Å². The summed E-state index contributed by atoms with van der Waals surface area (Å²) >= 11 is 0. The van der Waals surface area contributed by atoms with Crippen LogP contribution in [0, 0.1) is 6.92 Å². The van der Waals surface area contributed by atoms with Crippen molar-refractivity contribution in [1.29, 1.82) is 0 Å². The molecular formula is C16H15N3O4. The summed E-state index contributed by atoms with van der Waals surface area (Å²) in [6.45, 7) is 3.65. The van der Waals surface area contributed by atoms with Crippen LogP contribution in [-0.2, 0) is 9.63 Å². The van der Waals surface area contributed by atoms with E-state index in [4.69, 9.17) is 4.84 Å². The highest BCUT2D eigenvalue weighted by atomic mass is 16.7. The summed E-state index contributed by atoms with van der Waals surface area (Å²) in [5.41, 5.74) is 1.31. The Kier molecular flexibility index (Phi) is 3.69. The number of fused-ring (bicyclic) bond motifs is 1. The number of amides is 2. The second kappa shape index (κ2) is 5.68. The van der Waals surface area contributed by atoms with Gasteiger partial charge in [-0.25, -0.2) is 4.79 Å². The number of benzene rings is 1. The summed E-state index contributed by atoms with van der Waals surface area (Å²) in [4.78, 5) is 41.2. The van der Waals surface area contributed by atoms with Gasteiger partial charge in [0.15, 0.2) is 0 Å². The molecule has 0 bridgehead atoms. The number of carbonyl (C=O) groups excluding carboxylic acids is 3. The highest BCUT2D eigenvalue weighted by molar-refractivity contribution is 6.20. The molecule has 3 rings (SSSR count). The van der Waals surface area contributed by atoms with Crippen LogP contribution < -0.4 is 0 Å². The minimum absolute atomic E-state index is 0.00543. The van der Waals surface area contributed by atoms with Crippen molar-refractivity contribution in [2.45, 2.75) is 26.3 Å². The molecule has 1 aromatic carbocycles. The van der Waals surface area contributed by atoms with E-state index >= 15 is 0 Å². The Balaban J connectivity index is 1.67. The predicted molar refractivity (Wildman–Crippen MR) is 79.3 cm³/mol. The number of nitrogens with zero attached hydrogens (tertiary/aromatic N) is 3. The van der Waals surface area contributed by atoms with E-state index in [2.05, 4.69) is 5.10 Å². The van der Waals surface area contributed by atoms with Crippen LogP contribution in [0.3, 0.4) is 0 Å². The van der Waals surface area contributed by atoms with Gasteiger partial charge in [0.05, 0.1) is 29.3 Å². The Morgan fingerprint density at radius 3 is 2.30 bits per heavy atom. The van der Waals surface area contributed by atoms with E-state index < -0.39 is 17.8 Å². The minimum Gasteiger partial charge on any atom is -0.330 e. The lowest BCUT2D eigenvalue weighted by atomic mass is 10.1. The summed E-state index contributed by atoms with van der Waals surface area (Å²) in [7, 11) is 0. The van der Waals surface area contributed by atoms with Crippen molar-refractivity contribution in [1.82, 2.24) is 14.8 Å². The number of hydroxylamine groups is 2. The van der Waals surface area contributed by atoms with E-state index in [0.29, 0.717) is 5.06 Å². The second-order valence-corrected chi connectivity index (χ2v) is 5.40. The highest BCUT2D eigenvalue weighted by Crippen LogP contribution is 2.23. The monoisotopic (exact) mass is 313 g/mol. The standard InChI is InChI=1S/C16H15N3O4/c1-10-7-8-18(17-10)11(2)9-14(20)23-19-15(21)12-5-3-4-6-13(12)16(19)22/h3-8,11H,9H2,1-2H3. The van der Waals surface area contributed by atoms with Gasteiger partial charge >= 0.3 is 5.97 Å². The fourth-order valence-corrected chi connectivity index (χ4v) is 2.40. The number of hydrogen-bond acceptors (Lipinski definition) is 5. The maximum atomic E-state index is 12.1. The molecule has 1 aliphatic rings. The zero-order valence-corrected chi connectivity index (χ0v) is 12.7. The molecular weight excluding hydrogens is 298 g/mol. The zero-order chi connectivity index (χ0) is 16.6. The van der Waals surface area contributed by atoms with Gasteiger partial charge in [-0.3, -0.25) is 14.3 Å². The molecule has 1 unspecified atom stereocenters. The van der Waals surface area contributed by atoms with Crippen LogP contribution >= 0.6 is 0 Å². The van der Waals surface area contributed by atoms with E-state index in [1.807, 2.05) is 13.0 Å². The van der Waals surface area contributed by atoms with Gasteiger partial charge in [-0.15, -0.1) is 0 Å².